The van der Waals surface area contributed by atoms with E-state index in [4.69, 9.17) is 9.47 Å². The number of nitrogens with one attached hydrogen (secondary N) is 2. The van der Waals surface area contributed by atoms with Gasteiger partial charge in [-0.1, -0.05) is 12.1 Å². The highest BCUT2D eigenvalue weighted by Gasteiger charge is 2.31. The van der Waals surface area contributed by atoms with Gasteiger partial charge in [-0.2, -0.15) is 0 Å². The highest BCUT2D eigenvalue weighted by molar-refractivity contribution is 5.89. The minimum atomic E-state index is -0.155. The van der Waals surface area contributed by atoms with Crippen LogP contribution in [0, 0.1) is 12.8 Å². The first-order valence-electron chi connectivity index (χ1n) is 8.73. The highest BCUT2D eigenvalue weighted by atomic mass is 16.5. The van der Waals surface area contributed by atoms with Crippen molar-refractivity contribution in [1.82, 2.24) is 10.2 Å². The minimum Gasteiger partial charge on any atom is -0.381 e. The van der Waals surface area contributed by atoms with Crippen LogP contribution in [-0.2, 0) is 9.47 Å². The molecule has 2 aliphatic rings. The Kier molecular flexibility index (Phi) is 6.07. The average Bonchev–Trinajstić information content (AvgIpc) is 3.10. The summed E-state index contributed by atoms with van der Waals surface area (Å²) in [5.74, 6) is 0.474. The number of nitrogens with zero attached hydrogens (tertiary/aromatic N) is 1. The summed E-state index contributed by atoms with van der Waals surface area (Å²) in [6.07, 6.45) is 1.06. The molecule has 2 fully saturated rings. The second-order valence-electron chi connectivity index (χ2n) is 6.54. The van der Waals surface area contributed by atoms with Crippen molar-refractivity contribution in [2.75, 3.05) is 51.4 Å². The Hall–Kier alpha value is -1.63. The first-order valence-corrected chi connectivity index (χ1v) is 8.73. The molecule has 6 nitrogen and oxygen atoms in total. The van der Waals surface area contributed by atoms with Crippen molar-refractivity contribution in [2.45, 2.75) is 19.4 Å². The molecule has 2 heterocycles. The molecule has 0 radical (unpaired) electrons. The summed E-state index contributed by atoms with van der Waals surface area (Å²) in [6, 6.07) is 7.97. The summed E-state index contributed by atoms with van der Waals surface area (Å²) in [5.41, 5.74) is 1.95. The molecule has 3 rings (SSSR count). The smallest absolute Gasteiger partial charge is 0.319 e. The van der Waals surface area contributed by atoms with E-state index in [1.807, 2.05) is 31.2 Å². The molecule has 24 heavy (non-hydrogen) atoms. The van der Waals surface area contributed by atoms with Gasteiger partial charge in [0.2, 0.25) is 0 Å². The van der Waals surface area contributed by atoms with Gasteiger partial charge >= 0.3 is 6.03 Å². The number of anilines is 1. The number of amides is 2. The zero-order chi connectivity index (χ0) is 16.8. The van der Waals surface area contributed by atoms with Crippen LogP contribution in [0.25, 0.3) is 0 Å². The maximum atomic E-state index is 12.2. The number of ether oxygens (including phenoxy) is 2. The van der Waals surface area contributed by atoms with E-state index in [0.29, 0.717) is 18.5 Å². The molecule has 0 aromatic heterocycles. The van der Waals surface area contributed by atoms with Crippen molar-refractivity contribution in [3.05, 3.63) is 29.8 Å². The van der Waals surface area contributed by atoms with Gasteiger partial charge in [-0.25, -0.2) is 4.79 Å². The van der Waals surface area contributed by atoms with E-state index >= 15 is 0 Å². The highest BCUT2D eigenvalue weighted by Crippen LogP contribution is 2.22. The van der Waals surface area contributed by atoms with Crippen LogP contribution in [0.3, 0.4) is 0 Å². The Bertz CT molecular complexity index is 540. The Morgan fingerprint density at radius 3 is 2.83 bits per heavy atom. The predicted octanol–water partition coefficient (Wildman–Crippen LogP) is 1.85. The van der Waals surface area contributed by atoms with E-state index in [1.54, 1.807) is 0 Å². The second-order valence-corrected chi connectivity index (χ2v) is 6.54. The van der Waals surface area contributed by atoms with E-state index in [9.17, 15) is 4.79 Å². The third-order valence-electron chi connectivity index (χ3n) is 4.77. The topological polar surface area (TPSA) is 62.8 Å². The van der Waals surface area contributed by atoms with Gasteiger partial charge in [0.25, 0.3) is 0 Å². The van der Waals surface area contributed by atoms with Crippen LogP contribution in [0.15, 0.2) is 24.3 Å². The molecule has 0 spiro atoms. The average molecular weight is 333 g/mol. The molecule has 2 amide bonds. The lowest BCUT2D eigenvalue weighted by Crippen LogP contribution is -2.52. The molecule has 2 unspecified atom stereocenters. The largest absolute Gasteiger partial charge is 0.381 e. The molecular weight excluding hydrogens is 306 g/mol. The van der Waals surface area contributed by atoms with Crippen molar-refractivity contribution in [3.8, 4) is 0 Å². The van der Waals surface area contributed by atoms with E-state index in [0.717, 1.165) is 57.2 Å². The van der Waals surface area contributed by atoms with Crippen LogP contribution in [0.4, 0.5) is 10.5 Å². The summed E-state index contributed by atoms with van der Waals surface area (Å²) >= 11 is 0. The van der Waals surface area contributed by atoms with Gasteiger partial charge in [0, 0.05) is 43.9 Å². The van der Waals surface area contributed by atoms with Gasteiger partial charge in [-0.15, -0.1) is 0 Å². The zero-order valence-electron chi connectivity index (χ0n) is 14.3. The molecule has 6 heteroatoms. The number of aryl methyl sites for hydroxylation is 1. The lowest BCUT2D eigenvalue weighted by molar-refractivity contribution is 0.00222. The standard InChI is InChI=1S/C18H27N3O3/c1-14-3-2-4-16(11-14)20-18(22)19-12-17(15-5-8-24-13-15)21-6-9-23-10-7-21/h2-4,11,15,17H,5-10,12-13H2,1H3,(H2,19,20,22). The molecule has 2 saturated heterocycles. The molecule has 0 saturated carbocycles. The van der Waals surface area contributed by atoms with Gasteiger partial charge < -0.3 is 20.1 Å². The lowest BCUT2D eigenvalue weighted by Gasteiger charge is -2.37. The monoisotopic (exact) mass is 333 g/mol. The maximum absolute atomic E-state index is 12.2. The summed E-state index contributed by atoms with van der Waals surface area (Å²) in [6.45, 7) is 7.61. The number of carbonyl (C=O) groups is 1. The van der Waals surface area contributed by atoms with Crippen LogP contribution in [-0.4, -0.2) is 63.0 Å². The molecule has 0 bridgehead atoms. The molecule has 1 aromatic carbocycles. The Morgan fingerprint density at radius 2 is 2.12 bits per heavy atom. The number of benzene rings is 1. The van der Waals surface area contributed by atoms with Crippen molar-refractivity contribution in [2.24, 2.45) is 5.92 Å². The maximum Gasteiger partial charge on any atom is 0.319 e. The van der Waals surface area contributed by atoms with Crippen LogP contribution >= 0.6 is 0 Å². The molecule has 0 aliphatic carbocycles. The van der Waals surface area contributed by atoms with Gasteiger partial charge in [-0.05, 0) is 31.0 Å². The lowest BCUT2D eigenvalue weighted by atomic mass is 9.97. The Labute approximate surface area is 143 Å². The molecule has 2 atom stereocenters. The number of hydrogen-bond donors (Lipinski definition) is 2. The van der Waals surface area contributed by atoms with Crippen molar-refractivity contribution >= 4 is 11.7 Å². The third kappa shape index (κ3) is 4.69. The van der Waals surface area contributed by atoms with E-state index in [1.165, 1.54) is 0 Å². The second kappa shape index (κ2) is 8.46. The molecule has 2 aliphatic heterocycles. The predicted molar refractivity (Wildman–Crippen MR) is 93.3 cm³/mol. The number of rotatable bonds is 5. The first-order chi connectivity index (χ1) is 11.7. The number of carbonyl (C=O) groups excluding carboxylic acids is 1. The fourth-order valence-electron chi connectivity index (χ4n) is 3.45. The van der Waals surface area contributed by atoms with E-state index < -0.39 is 0 Å². The van der Waals surface area contributed by atoms with Gasteiger partial charge in [0.05, 0.1) is 19.8 Å². The van der Waals surface area contributed by atoms with E-state index in [2.05, 4.69) is 15.5 Å². The third-order valence-corrected chi connectivity index (χ3v) is 4.77. The molecule has 2 N–H and O–H groups in total. The zero-order valence-corrected chi connectivity index (χ0v) is 14.3. The normalized spacial score (nSPS) is 23.0. The quantitative estimate of drug-likeness (QED) is 0.863. The van der Waals surface area contributed by atoms with Crippen LogP contribution in [0.5, 0.6) is 0 Å². The fourth-order valence-corrected chi connectivity index (χ4v) is 3.45. The van der Waals surface area contributed by atoms with Gasteiger partial charge in [-0.3, -0.25) is 4.90 Å². The summed E-state index contributed by atoms with van der Waals surface area (Å²) in [4.78, 5) is 14.7. The van der Waals surface area contributed by atoms with E-state index in [-0.39, 0.29) is 6.03 Å². The van der Waals surface area contributed by atoms with Crippen LogP contribution < -0.4 is 10.6 Å². The van der Waals surface area contributed by atoms with Crippen molar-refractivity contribution < 1.29 is 14.3 Å². The SMILES string of the molecule is Cc1cccc(NC(=O)NCC(C2CCOC2)N2CCOCC2)c1. The number of hydrogen-bond acceptors (Lipinski definition) is 4. The molecular formula is C18H27N3O3. The Balaban J connectivity index is 1.55. The molecule has 1 aromatic rings. The Morgan fingerprint density at radius 1 is 1.29 bits per heavy atom. The van der Waals surface area contributed by atoms with Gasteiger partial charge in [0.15, 0.2) is 0 Å². The van der Waals surface area contributed by atoms with Crippen molar-refractivity contribution in [1.29, 1.82) is 0 Å². The summed E-state index contributed by atoms with van der Waals surface area (Å²) in [7, 11) is 0. The number of urea groups is 1. The fraction of sp³-hybridized carbons (Fsp3) is 0.611. The molecule has 132 valence electrons. The first kappa shape index (κ1) is 17.2. The van der Waals surface area contributed by atoms with Crippen molar-refractivity contribution in [3.63, 3.8) is 0 Å². The minimum absolute atomic E-state index is 0.155. The summed E-state index contributed by atoms with van der Waals surface area (Å²) in [5, 5.41) is 5.94. The van der Waals surface area contributed by atoms with Gasteiger partial charge in [0.1, 0.15) is 0 Å². The van der Waals surface area contributed by atoms with Crippen LogP contribution in [0.1, 0.15) is 12.0 Å². The van der Waals surface area contributed by atoms with Crippen LogP contribution in [0.2, 0.25) is 0 Å². The summed E-state index contributed by atoms with van der Waals surface area (Å²) < 4.78 is 11.0. The number of morpholine rings is 1.